The van der Waals surface area contributed by atoms with Crippen LogP contribution in [-0.4, -0.2) is 28.2 Å². The van der Waals surface area contributed by atoms with Crippen LogP contribution in [0.15, 0.2) is 0 Å². The van der Waals surface area contributed by atoms with Crippen molar-refractivity contribution in [2.24, 2.45) is 0 Å². The topological polar surface area (TPSA) is 79.9 Å². The van der Waals surface area contributed by atoms with Gasteiger partial charge in [-0.3, -0.25) is 4.79 Å². The third-order valence-electron chi connectivity index (χ3n) is 4.19. The van der Waals surface area contributed by atoms with Gasteiger partial charge in [-0.2, -0.15) is 5.26 Å². The Morgan fingerprint density at radius 3 is 2.95 bits per heavy atom. The molecule has 1 aliphatic carbocycles. The van der Waals surface area contributed by atoms with Crippen LogP contribution < -0.4 is 5.32 Å². The van der Waals surface area contributed by atoms with E-state index in [0.29, 0.717) is 11.5 Å². The molecule has 0 atom stereocenters. The molecule has 0 radical (unpaired) electrons. The average Bonchev–Trinajstić information content (AvgIpc) is 3.06. The molecule has 0 spiro atoms. The highest BCUT2D eigenvalue weighted by Gasteiger charge is 2.22. The van der Waals surface area contributed by atoms with Crippen LogP contribution in [0.4, 0.5) is 5.82 Å². The Labute approximate surface area is 124 Å². The monoisotopic (exact) mass is 288 g/mol. The second-order valence-electron chi connectivity index (χ2n) is 5.71. The van der Waals surface area contributed by atoms with E-state index in [1.807, 2.05) is 4.57 Å². The van der Waals surface area contributed by atoms with E-state index < -0.39 is 0 Å². The molecule has 21 heavy (non-hydrogen) atoms. The van der Waals surface area contributed by atoms with Crippen LogP contribution >= 0.6 is 0 Å². The summed E-state index contributed by atoms with van der Waals surface area (Å²) in [4.78, 5) is 16.3. The lowest BCUT2D eigenvalue weighted by Crippen LogP contribution is -2.25. The zero-order valence-corrected chi connectivity index (χ0v) is 12.1. The third-order valence-corrected chi connectivity index (χ3v) is 4.19. The first-order valence-corrected chi connectivity index (χ1v) is 7.69. The standard InChI is InChI=1S/C15H20N4O2/c16-9-12-15(17-13-7-4-8-19(12)13)18-14(20)10-21-11-5-2-1-3-6-11/h11H,1-8,10H2,(H,18,20). The lowest BCUT2D eigenvalue weighted by molar-refractivity contribution is -0.123. The predicted molar refractivity (Wildman–Crippen MR) is 76.7 cm³/mol. The van der Waals surface area contributed by atoms with Crippen LogP contribution in [0.2, 0.25) is 0 Å². The molecule has 0 aromatic carbocycles. The fraction of sp³-hybridized carbons (Fsp3) is 0.667. The SMILES string of the molecule is N#Cc1c(NC(=O)COC2CCCCC2)nc2n1CCC2. The van der Waals surface area contributed by atoms with Crippen molar-refractivity contribution in [2.75, 3.05) is 11.9 Å². The summed E-state index contributed by atoms with van der Waals surface area (Å²) in [6.45, 7) is 0.845. The van der Waals surface area contributed by atoms with Crippen LogP contribution in [0.5, 0.6) is 0 Å². The second kappa shape index (κ2) is 6.27. The zero-order chi connectivity index (χ0) is 14.7. The maximum absolute atomic E-state index is 12.0. The van der Waals surface area contributed by atoms with Crippen LogP contribution in [0.3, 0.4) is 0 Å². The summed E-state index contributed by atoms with van der Waals surface area (Å²) in [5, 5.41) is 11.9. The van der Waals surface area contributed by atoms with Crippen LogP contribution in [-0.2, 0) is 22.5 Å². The molecule has 1 aromatic heterocycles. The van der Waals surface area contributed by atoms with E-state index in [1.54, 1.807) is 0 Å². The predicted octanol–water partition coefficient (Wildman–Crippen LogP) is 1.99. The van der Waals surface area contributed by atoms with Crippen LogP contribution in [0, 0.1) is 11.3 Å². The molecular formula is C15H20N4O2. The minimum absolute atomic E-state index is 0.0394. The van der Waals surface area contributed by atoms with Gasteiger partial charge < -0.3 is 14.6 Å². The first kappa shape index (κ1) is 14.1. The first-order valence-electron chi connectivity index (χ1n) is 7.69. The van der Waals surface area contributed by atoms with Gasteiger partial charge in [0.2, 0.25) is 0 Å². The van der Waals surface area contributed by atoms with Crippen LogP contribution in [0.1, 0.15) is 50.0 Å². The minimum atomic E-state index is -0.228. The van der Waals surface area contributed by atoms with Crippen LogP contribution in [0.25, 0.3) is 0 Å². The Hall–Kier alpha value is -1.87. The Morgan fingerprint density at radius 1 is 1.38 bits per heavy atom. The minimum Gasteiger partial charge on any atom is -0.368 e. The normalized spacial score (nSPS) is 18.2. The largest absolute Gasteiger partial charge is 0.368 e. The van der Waals surface area contributed by atoms with Crippen molar-refractivity contribution < 1.29 is 9.53 Å². The second-order valence-corrected chi connectivity index (χ2v) is 5.71. The quantitative estimate of drug-likeness (QED) is 0.918. The van der Waals surface area contributed by atoms with Crippen molar-refractivity contribution >= 4 is 11.7 Å². The average molecular weight is 288 g/mol. The van der Waals surface area contributed by atoms with E-state index in [4.69, 9.17) is 4.74 Å². The molecule has 1 fully saturated rings. The summed E-state index contributed by atoms with van der Waals surface area (Å²) in [5.41, 5.74) is 0.452. The summed E-state index contributed by atoms with van der Waals surface area (Å²) < 4.78 is 7.52. The number of anilines is 1. The molecule has 112 valence electrons. The smallest absolute Gasteiger partial charge is 0.251 e. The van der Waals surface area contributed by atoms with E-state index in [1.165, 1.54) is 19.3 Å². The number of carbonyl (C=O) groups excluding carboxylic acids is 1. The highest BCUT2D eigenvalue weighted by Crippen LogP contribution is 2.23. The number of nitriles is 1. The fourth-order valence-electron chi connectivity index (χ4n) is 3.12. The molecule has 1 N–H and O–H groups in total. The van der Waals surface area contributed by atoms with E-state index in [-0.39, 0.29) is 18.6 Å². The highest BCUT2D eigenvalue weighted by atomic mass is 16.5. The van der Waals surface area contributed by atoms with Crippen molar-refractivity contribution in [1.29, 1.82) is 5.26 Å². The Kier molecular flexibility index (Phi) is 4.20. The molecule has 0 bridgehead atoms. The number of imidazole rings is 1. The summed E-state index contributed by atoms with van der Waals surface area (Å²) >= 11 is 0. The van der Waals surface area contributed by atoms with Gasteiger partial charge in [0, 0.05) is 13.0 Å². The maximum atomic E-state index is 12.0. The molecule has 1 aromatic rings. The number of carbonyl (C=O) groups is 1. The van der Waals surface area contributed by atoms with Gasteiger partial charge in [-0.25, -0.2) is 4.98 Å². The molecule has 1 amide bonds. The van der Waals surface area contributed by atoms with E-state index in [0.717, 1.165) is 38.1 Å². The summed E-state index contributed by atoms with van der Waals surface area (Å²) in [6, 6.07) is 2.13. The summed E-state index contributed by atoms with van der Waals surface area (Å²) in [7, 11) is 0. The zero-order valence-electron chi connectivity index (χ0n) is 12.1. The number of nitrogens with one attached hydrogen (secondary N) is 1. The van der Waals surface area contributed by atoms with Crippen molar-refractivity contribution in [3.63, 3.8) is 0 Å². The Bertz CT molecular complexity index is 567. The molecule has 3 rings (SSSR count). The van der Waals surface area contributed by atoms with Gasteiger partial charge in [-0.15, -0.1) is 0 Å². The number of hydrogen-bond donors (Lipinski definition) is 1. The maximum Gasteiger partial charge on any atom is 0.251 e. The summed E-state index contributed by atoms with van der Waals surface area (Å²) in [5.74, 6) is 1.04. The van der Waals surface area contributed by atoms with Crippen molar-refractivity contribution in [3.8, 4) is 6.07 Å². The van der Waals surface area contributed by atoms with Gasteiger partial charge >= 0.3 is 0 Å². The van der Waals surface area contributed by atoms with E-state index in [9.17, 15) is 10.1 Å². The highest BCUT2D eigenvalue weighted by molar-refractivity contribution is 5.91. The number of rotatable bonds is 4. The molecule has 6 nitrogen and oxygen atoms in total. The van der Waals surface area contributed by atoms with Gasteiger partial charge in [0.05, 0.1) is 6.10 Å². The number of aryl methyl sites for hydroxylation is 1. The third kappa shape index (κ3) is 3.08. The molecule has 2 heterocycles. The molecule has 1 aliphatic heterocycles. The van der Waals surface area contributed by atoms with Crippen molar-refractivity contribution in [1.82, 2.24) is 9.55 Å². The number of fused-ring (bicyclic) bond motifs is 1. The molecule has 6 heteroatoms. The number of aromatic nitrogens is 2. The van der Waals surface area contributed by atoms with Crippen molar-refractivity contribution in [3.05, 3.63) is 11.5 Å². The number of nitrogens with zero attached hydrogens (tertiary/aromatic N) is 3. The number of hydrogen-bond acceptors (Lipinski definition) is 4. The Balaban J connectivity index is 1.56. The number of amides is 1. The summed E-state index contributed by atoms with van der Waals surface area (Å²) in [6.07, 6.45) is 7.77. The van der Waals surface area contributed by atoms with Gasteiger partial charge in [0.25, 0.3) is 5.91 Å². The van der Waals surface area contributed by atoms with Gasteiger partial charge in [0.15, 0.2) is 11.5 Å². The van der Waals surface area contributed by atoms with E-state index >= 15 is 0 Å². The fourth-order valence-corrected chi connectivity index (χ4v) is 3.12. The van der Waals surface area contributed by atoms with Gasteiger partial charge in [0.1, 0.15) is 18.5 Å². The van der Waals surface area contributed by atoms with Gasteiger partial charge in [-0.1, -0.05) is 19.3 Å². The molecule has 1 saturated carbocycles. The molecule has 0 unspecified atom stereocenters. The lowest BCUT2D eigenvalue weighted by atomic mass is 9.98. The first-order chi connectivity index (χ1) is 10.3. The molecular weight excluding hydrogens is 268 g/mol. The Morgan fingerprint density at radius 2 is 2.19 bits per heavy atom. The molecule has 0 saturated heterocycles. The molecule has 2 aliphatic rings. The van der Waals surface area contributed by atoms with Gasteiger partial charge in [-0.05, 0) is 19.3 Å². The number of ether oxygens (including phenoxy) is 1. The van der Waals surface area contributed by atoms with E-state index in [2.05, 4.69) is 16.4 Å². The van der Waals surface area contributed by atoms with Crippen molar-refractivity contribution in [2.45, 2.75) is 57.6 Å². The lowest BCUT2D eigenvalue weighted by Gasteiger charge is -2.21.